The largest absolute Gasteiger partial charge is 0.402 e. The van der Waals surface area contributed by atoms with Crippen LogP contribution in [-0.2, 0) is 0 Å². The summed E-state index contributed by atoms with van der Waals surface area (Å²) in [6.45, 7) is 0. The van der Waals surface area contributed by atoms with Gasteiger partial charge in [0.2, 0.25) is 0 Å². The molecule has 4 N–H and O–H groups in total. The third-order valence-corrected chi connectivity index (χ3v) is 3.80. The van der Waals surface area contributed by atoms with Gasteiger partial charge in [-0.1, -0.05) is 25.7 Å². The molecule has 0 amide bonds. The van der Waals surface area contributed by atoms with E-state index in [0.29, 0.717) is 17.8 Å². The lowest BCUT2D eigenvalue weighted by atomic mass is 9.83. The summed E-state index contributed by atoms with van der Waals surface area (Å²) >= 11 is 0. The molecule has 3 heteroatoms. The third kappa shape index (κ3) is 3.00. The first kappa shape index (κ1) is 11.5. The summed E-state index contributed by atoms with van der Waals surface area (Å²) in [6.07, 6.45) is 12.0. The maximum Gasteiger partial charge on any atom is 0.120 e. The van der Waals surface area contributed by atoms with Crippen molar-refractivity contribution in [2.24, 2.45) is 22.4 Å². The van der Waals surface area contributed by atoms with Gasteiger partial charge in [-0.2, -0.15) is 0 Å². The first-order valence-electron chi connectivity index (χ1n) is 6.56. The summed E-state index contributed by atoms with van der Waals surface area (Å²) in [5.74, 6) is 1.21. The summed E-state index contributed by atoms with van der Waals surface area (Å²) in [7, 11) is 0. The summed E-state index contributed by atoms with van der Waals surface area (Å²) < 4.78 is 0. The lowest BCUT2D eigenvalue weighted by Gasteiger charge is -2.25. The van der Waals surface area contributed by atoms with Crippen LogP contribution in [0.5, 0.6) is 0 Å². The number of hydrogen-bond donors (Lipinski definition) is 2. The number of hydrogen-bond acceptors (Lipinski definition) is 2. The number of allylic oxidation sites excluding steroid dienone is 1. The minimum atomic E-state index is 0.444. The van der Waals surface area contributed by atoms with E-state index in [0.717, 1.165) is 5.70 Å². The Balaban J connectivity index is 1.89. The summed E-state index contributed by atoms with van der Waals surface area (Å²) in [5, 5.41) is 0. The van der Waals surface area contributed by atoms with E-state index in [1.165, 1.54) is 51.4 Å². The van der Waals surface area contributed by atoms with Gasteiger partial charge in [0.25, 0.3) is 0 Å². The molecule has 2 aliphatic rings. The number of nitrogens with two attached hydrogens (primary N) is 2. The number of rotatable bonds is 3. The summed E-state index contributed by atoms with van der Waals surface area (Å²) in [4.78, 5) is 4.55. The van der Waals surface area contributed by atoms with Crippen molar-refractivity contribution in [1.29, 1.82) is 0 Å². The first-order valence-corrected chi connectivity index (χ1v) is 6.56. The molecule has 0 aromatic rings. The minimum Gasteiger partial charge on any atom is -0.402 e. The van der Waals surface area contributed by atoms with Crippen molar-refractivity contribution >= 4 is 5.84 Å². The minimum absolute atomic E-state index is 0.444. The molecule has 0 bridgehead atoms. The second kappa shape index (κ2) is 5.37. The Morgan fingerprint density at radius 2 is 1.62 bits per heavy atom. The van der Waals surface area contributed by atoms with Crippen LogP contribution in [-0.4, -0.2) is 11.9 Å². The van der Waals surface area contributed by atoms with Crippen LogP contribution in [0.4, 0.5) is 0 Å². The van der Waals surface area contributed by atoms with Gasteiger partial charge in [0.15, 0.2) is 0 Å². The van der Waals surface area contributed by atoms with E-state index >= 15 is 0 Å². The molecular weight excluding hydrogens is 198 g/mol. The van der Waals surface area contributed by atoms with E-state index in [9.17, 15) is 0 Å². The third-order valence-electron chi connectivity index (χ3n) is 3.80. The molecule has 90 valence electrons. The maximum absolute atomic E-state index is 5.99. The second-order valence-electron chi connectivity index (χ2n) is 5.12. The molecule has 0 aliphatic heterocycles. The molecule has 2 rings (SSSR count). The summed E-state index contributed by atoms with van der Waals surface area (Å²) in [6, 6.07) is 0.444. The van der Waals surface area contributed by atoms with E-state index in [-0.39, 0.29) is 0 Å². The summed E-state index contributed by atoms with van der Waals surface area (Å²) in [5.41, 5.74) is 12.8. The highest BCUT2D eigenvalue weighted by atomic mass is 14.9. The zero-order valence-electron chi connectivity index (χ0n) is 9.99. The molecule has 0 unspecified atom stereocenters. The van der Waals surface area contributed by atoms with Crippen LogP contribution in [0, 0.1) is 5.92 Å². The molecule has 2 saturated carbocycles. The highest BCUT2D eigenvalue weighted by Crippen LogP contribution is 2.30. The van der Waals surface area contributed by atoms with Crippen LogP contribution < -0.4 is 11.5 Å². The van der Waals surface area contributed by atoms with Crippen molar-refractivity contribution in [2.45, 2.75) is 57.4 Å². The Morgan fingerprint density at radius 3 is 2.19 bits per heavy atom. The fourth-order valence-corrected chi connectivity index (χ4v) is 2.49. The zero-order valence-corrected chi connectivity index (χ0v) is 9.99. The van der Waals surface area contributed by atoms with Crippen LogP contribution in [0.2, 0.25) is 0 Å². The van der Waals surface area contributed by atoms with Crippen LogP contribution in [0.25, 0.3) is 0 Å². The average Bonchev–Trinajstić information content (AvgIpc) is 2.15. The molecule has 0 radical (unpaired) electrons. The fraction of sp³-hybridized carbons (Fsp3) is 0.769. The molecule has 0 atom stereocenters. The van der Waals surface area contributed by atoms with Crippen LogP contribution in [0.1, 0.15) is 51.4 Å². The molecule has 16 heavy (non-hydrogen) atoms. The monoisotopic (exact) mass is 221 g/mol. The van der Waals surface area contributed by atoms with Crippen molar-refractivity contribution < 1.29 is 0 Å². The Morgan fingerprint density at radius 1 is 0.938 bits per heavy atom. The van der Waals surface area contributed by atoms with Crippen LogP contribution in [0.3, 0.4) is 0 Å². The lowest BCUT2D eigenvalue weighted by Crippen LogP contribution is -2.23. The predicted octanol–water partition coefficient (Wildman–Crippen LogP) is 2.32. The zero-order chi connectivity index (χ0) is 11.4. The molecule has 2 aliphatic carbocycles. The molecule has 0 aromatic carbocycles. The predicted molar refractivity (Wildman–Crippen MR) is 68.1 cm³/mol. The van der Waals surface area contributed by atoms with Crippen molar-refractivity contribution in [1.82, 2.24) is 0 Å². The smallest absolute Gasteiger partial charge is 0.120 e. The molecule has 0 spiro atoms. The van der Waals surface area contributed by atoms with Gasteiger partial charge in [0.1, 0.15) is 5.84 Å². The van der Waals surface area contributed by atoms with Gasteiger partial charge < -0.3 is 11.5 Å². The van der Waals surface area contributed by atoms with Gasteiger partial charge >= 0.3 is 0 Å². The van der Waals surface area contributed by atoms with E-state index in [2.05, 4.69) is 4.99 Å². The normalized spacial score (nSPS) is 25.5. The fourth-order valence-electron chi connectivity index (χ4n) is 2.49. The maximum atomic E-state index is 5.99. The van der Waals surface area contributed by atoms with E-state index < -0.39 is 0 Å². The van der Waals surface area contributed by atoms with Crippen molar-refractivity contribution in [2.75, 3.05) is 0 Å². The van der Waals surface area contributed by atoms with Crippen LogP contribution in [0.15, 0.2) is 16.8 Å². The van der Waals surface area contributed by atoms with Gasteiger partial charge in [0, 0.05) is 5.70 Å². The molecule has 0 saturated heterocycles. The first-order chi connectivity index (χ1) is 7.75. The SMILES string of the molecule is NC(=CC(N)=NC1CCCCC1)C1CCC1. The van der Waals surface area contributed by atoms with E-state index in [1.54, 1.807) is 0 Å². The Hall–Kier alpha value is -0.990. The second-order valence-corrected chi connectivity index (χ2v) is 5.12. The number of aliphatic imine (C=N–C) groups is 1. The van der Waals surface area contributed by atoms with E-state index in [1.807, 2.05) is 6.08 Å². The van der Waals surface area contributed by atoms with Gasteiger partial charge in [0.05, 0.1) is 6.04 Å². The highest BCUT2D eigenvalue weighted by molar-refractivity contribution is 5.92. The molecule has 3 nitrogen and oxygen atoms in total. The van der Waals surface area contributed by atoms with Crippen molar-refractivity contribution in [3.63, 3.8) is 0 Å². The number of amidine groups is 1. The average molecular weight is 221 g/mol. The molecule has 0 heterocycles. The number of nitrogens with zero attached hydrogens (tertiary/aromatic N) is 1. The highest BCUT2D eigenvalue weighted by Gasteiger charge is 2.20. The van der Waals surface area contributed by atoms with E-state index in [4.69, 9.17) is 11.5 Å². The van der Waals surface area contributed by atoms with Crippen LogP contribution >= 0.6 is 0 Å². The van der Waals surface area contributed by atoms with Gasteiger partial charge in [-0.15, -0.1) is 0 Å². The Labute approximate surface area is 98.0 Å². The van der Waals surface area contributed by atoms with Gasteiger partial charge in [-0.05, 0) is 37.7 Å². The lowest BCUT2D eigenvalue weighted by molar-refractivity contribution is 0.365. The topological polar surface area (TPSA) is 64.4 Å². The van der Waals surface area contributed by atoms with Crippen molar-refractivity contribution in [3.8, 4) is 0 Å². The van der Waals surface area contributed by atoms with Crippen molar-refractivity contribution in [3.05, 3.63) is 11.8 Å². The quantitative estimate of drug-likeness (QED) is 0.567. The molecule has 2 fully saturated rings. The Bertz CT molecular complexity index is 284. The standard InChI is InChI=1S/C13H23N3/c14-12(10-5-4-6-10)9-13(15)16-11-7-2-1-3-8-11/h9-11H,1-8,14H2,(H2,15,16). The van der Waals surface area contributed by atoms with Gasteiger partial charge in [-0.25, -0.2) is 0 Å². The molecule has 0 aromatic heterocycles. The Kier molecular flexibility index (Phi) is 3.86. The molecular formula is C13H23N3. The van der Waals surface area contributed by atoms with Gasteiger partial charge in [-0.3, -0.25) is 4.99 Å².